The van der Waals surface area contributed by atoms with Crippen molar-refractivity contribution in [3.8, 4) is 0 Å². The van der Waals surface area contributed by atoms with Gasteiger partial charge in [-0.2, -0.15) is 19.6 Å². The Balaban J connectivity index is 2.55. The van der Waals surface area contributed by atoms with E-state index in [4.69, 9.17) is 39.1 Å². The summed E-state index contributed by atoms with van der Waals surface area (Å²) in [4.78, 5) is 109. The van der Waals surface area contributed by atoms with Crippen LogP contribution in [0.1, 0.15) is 190 Å². The second-order valence-electron chi connectivity index (χ2n) is 13.0. The first-order valence-corrected chi connectivity index (χ1v) is 19.3. The summed E-state index contributed by atoms with van der Waals surface area (Å²) in [5, 5.41) is 0. The van der Waals surface area contributed by atoms with Crippen molar-refractivity contribution in [2.24, 2.45) is 0 Å². The first-order valence-electron chi connectivity index (χ1n) is 19.3. The third kappa shape index (κ3) is 14.2. The highest BCUT2D eigenvalue weighted by atomic mass is 17.2. The van der Waals surface area contributed by atoms with Gasteiger partial charge in [0.15, 0.2) is 5.78 Å². The molecular weight excluding hydrogens is 700 g/mol. The third-order valence-electron chi connectivity index (χ3n) is 8.75. The van der Waals surface area contributed by atoms with Gasteiger partial charge in [0.05, 0.1) is 22.3 Å². The quantitative estimate of drug-likeness (QED) is 0.0507. The van der Waals surface area contributed by atoms with Crippen molar-refractivity contribution >= 4 is 29.7 Å². The average molecular weight is 759 g/mol. The van der Waals surface area contributed by atoms with Gasteiger partial charge >= 0.3 is 23.9 Å². The van der Waals surface area contributed by atoms with Gasteiger partial charge in [-0.25, -0.2) is 19.2 Å². The maximum atomic E-state index is 14.0. The van der Waals surface area contributed by atoms with Crippen molar-refractivity contribution in [2.45, 2.75) is 157 Å². The van der Waals surface area contributed by atoms with Gasteiger partial charge in [-0.15, -0.1) is 0 Å². The fourth-order valence-corrected chi connectivity index (χ4v) is 5.43. The highest BCUT2D eigenvalue weighted by Crippen LogP contribution is 2.23. The molecule has 13 heteroatoms. The number of benzene rings is 2. The lowest BCUT2D eigenvalue weighted by Gasteiger charge is -2.16. The molecule has 54 heavy (non-hydrogen) atoms. The zero-order valence-electron chi connectivity index (χ0n) is 33.1. The Morgan fingerprint density at radius 3 is 0.907 bits per heavy atom. The number of hydrogen-bond donors (Lipinski definition) is 0. The van der Waals surface area contributed by atoms with Crippen molar-refractivity contribution in [3.05, 3.63) is 69.8 Å². The zero-order chi connectivity index (χ0) is 40.0. The van der Waals surface area contributed by atoms with Gasteiger partial charge in [0, 0.05) is 11.1 Å². The second-order valence-corrected chi connectivity index (χ2v) is 13.0. The minimum atomic E-state index is -1.03. The third-order valence-corrected chi connectivity index (χ3v) is 8.75. The van der Waals surface area contributed by atoms with E-state index in [1.807, 2.05) is 55.4 Å². The maximum Gasteiger partial charge on any atom is 0.373 e. The summed E-state index contributed by atoms with van der Waals surface area (Å²) in [5.74, 6) is -4.66. The van der Waals surface area contributed by atoms with E-state index in [2.05, 4.69) is 0 Å². The molecule has 2 aromatic carbocycles. The molecule has 0 N–H and O–H groups in total. The van der Waals surface area contributed by atoms with Crippen molar-refractivity contribution < 1.29 is 63.1 Å². The molecule has 2 aromatic rings. The fourth-order valence-electron chi connectivity index (χ4n) is 5.43. The van der Waals surface area contributed by atoms with Gasteiger partial charge in [0.1, 0.15) is 24.4 Å². The van der Waals surface area contributed by atoms with Crippen LogP contribution in [0.2, 0.25) is 0 Å². The largest absolute Gasteiger partial charge is 0.373 e. The highest BCUT2D eigenvalue weighted by molar-refractivity contribution is 6.13. The number of rotatable bonds is 26. The number of carbonyl (C=O) groups excluding carboxylic acids is 5. The van der Waals surface area contributed by atoms with Crippen LogP contribution in [0.3, 0.4) is 0 Å². The Labute approximate surface area is 319 Å². The Hall–Kier alpha value is -4.17. The normalized spacial score (nSPS) is 13.3. The maximum absolute atomic E-state index is 14.0. The predicted octanol–water partition coefficient (Wildman–Crippen LogP) is 9.59. The van der Waals surface area contributed by atoms with Crippen molar-refractivity contribution in [1.29, 1.82) is 0 Å². The molecule has 0 aliphatic carbocycles. The molecule has 300 valence electrons. The molecule has 0 aromatic heterocycles. The topological polar surface area (TPSA) is 159 Å². The summed E-state index contributed by atoms with van der Waals surface area (Å²) in [6, 6.07) is 7.45. The molecule has 0 radical (unpaired) electrons. The Morgan fingerprint density at radius 2 is 0.667 bits per heavy atom. The molecule has 0 spiro atoms. The molecular formula is C41H58O13. The standard InChI is InChI=1S/C41H58O13/c1-9-17-29(13-5)47-51-38(43)33-23-21-27(25-35(33)40(45)53-49-31(15-7)19-11-3)37(42)28-22-24-34(39(44)52-48-30(14-6)18-10-2)36(26-28)41(46)54-50-32(16-8)20-12-4/h21-26,29-32H,9-20H2,1-8H3. The van der Waals surface area contributed by atoms with Crippen LogP contribution in [0.4, 0.5) is 0 Å². The minimum Gasteiger partial charge on any atom is -0.293 e. The molecule has 13 nitrogen and oxygen atoms in total. The molecule has 0 saturated heterocycles. The highest BCUT2D eigenvalue weighted by Gasteiger charge is 2.28. The van der Waals surface area contributed by atoms with Gasteiger partial charge < -0.3 is 0 Å². The van der Waals surface area contributed by atoms with Crippen molar-refractivity contribution in [1.82, 2.24) is 0 Å². The van der Waals surface area contributed by atoms with E-state index >= 15 is 0 Å². The predicted molar refractivity (Wildman–Crippen MR) is 198 cm³/mol. The van der Waals surface area contributed by atoms with E-state index in [1.54, 1.807) is 0 Å². The van der Waals surface area contributed by atoms with Crippen molar-refractivity contribution in [3.63, 3.8) is 0 Å². The van der Waals surface area contributed by atoms with E-state index in [9.17, 15) is 24.0 Å². The van der Waals surface area contributed by atoms with Gasteiger partial charge in [0.2, 0.25) is 0 Å². The van der Waals surface area contributed by atoms with Gasteiger partial charge in [0.25, 0.3) is 0 Å². The lowest BCUT2D eigenvalue weighted by atomic mass is 9.95. The minimum absolute atomic E-state index is 0.0500. The van der Waals surface area contributed by atoms with Crippen LogP contribution >= 0.6 is 0 Å². The average Bonchev–Trinajstić information content (AvgIpc) is 3.19. The lowest BCUT2D eigenvalue weighted by molar-refractivity contribution is -0.277. The van der Waals surface area contributed by atoms with E-state index in [0.717, 1.165) is 25.7 Å². The number of carbonyl (C=O) groups is 5. The first kappa shape index (κ1) is 46.0. The molecule has 0 aliphatic heterocycles. The van der Waals surface area contributed by atoms with Gasteiger partial charge in [-0.05, 0) is 75.6 Å². The van der Waals surface area contributed by atoms with E-state index in [1.165, 1.54) is 36.4 Å². The molecule has 0 fully saturated rings. The summed E-state index contributed by atoms with van der Waals surface area (Å²) < 4.78 is 0. The fraction of sp³-hybridized carbons (Fsp3) is 0.585. The van der Waals surface area contributed by atoms with E-state index in [-0.39, 0.29) is 57.8 Å². The summed E-state index contributed by atoms with van der Waals surface area (Å²) in [6.45, 7) is 15.4. The van der Waals surface area contributed by atoms with Gasteiger partial charge in [-0.3, -0.25) is 24.3 Å². The van der Waals surface area contributed by atoms with E-state index < -0.39 is 29.7 Å². The molecule has 0 bridgehead atoms. The van der Waals surface area contributed by atoms with E-state index in [0.29, 0.717) is 51.4 Å². The SMILES string of the molecule is CCCC(CC)OOC(=O)c1ccc(C(=O)c2ccc(C(=O)OOC(CC)CCC)c(C(=O)OOC(CC)CCC)c2)cc1C(=O)OOC(CC)CCC. The summed E-state index contributed by atoms with van der Waals surface area (Å²) in [7, 11) is 0. The van der Waals surface area contributed by atoms with Crippen LogP contribution in [-0.2, 0) is 39.1 Å². The summed E-state index contributed by atoms with van der Waals surface area (Å²) in [5.41, 5.74) is -1.17. The number of ketones is 1. The zero-order valence-corrected chi connectivity index (χ0v) is 33.1. The molecule has 2 rings (SSSR count). The van der Waals surface area contributed by atoms with Crippen LogP contribution in [0.5, 0.6) is 0 Å². The Kier molecular flexibility index (Phi) is 21.3. The summed E-state index contributed by atoms with van der Waals surface area (Å²) >= 11 is 0. The van der Waals surface area contributed by atoms with Crippen LogP contribution in [0, 0.1) is 0 Å². The Bertz CT molecular complexity index is 1390. The Morgan fingerprint density at radius 1 is 0.407 bits per heavy atom. The molecule has 0 amide bonds. The smallest absolute Gasteiger partial charge is 0.293 e. The molecule has 0 aliphatic rings. The van der Waals surface area contributed by atoms with Gasteiger partial charge in [-0.1, -0.05) is 93.2 Å². The van der Waals surface area contributed by atoms with Crippen LogP contribution in [0.15, 0.2) is 36.4 Å². The molecule has 4 unspecified atom stereocenters. The van der Waals surface area contributed by atoms with Crippen LogP contribution < -0.4 is 0 Å². The summed E-state index contributed by atoms with van der Waals surface area (Å²) in [6.07, 6.45) is 6.59. The molecule has 0 heterocycles. The van der Waals surface area contributed by atoms with Crippen LogP contribution in [-0.4, -0.2) is 54.1 Å². The number of hydrogen-bond acceptors (Lipinski definition) is 13. The second kappa shape index (κ2) is 25.0. The van der Waals surface area contributed by atoms with Crippen molar-refractivity contribution in [2.75, 3.05) is 0 Å². The van der Waals surface area contributed by atoms with Crippen LogP contribution in [0.25, 0.3) is 0 Å². The lowest BCUT2D eigenvalue weighted by Crippen LogP contribution is -2.21. The molecule has 4 atom stereocenters. The first-order chi connectivity index (χ1) is 26.0. The monoisotopic (exact) mass is 758 g/mol. The molecule has 0 saturated carbocycles.